The summed E-state index contributed by atoms with van der Waals surface area (Å²) in [5.74, 6) is 2.87. The van der Waals surface area contributed by atoms with Crippen LogP contribution in [0.1, 0.15) is 75.0 Å². The molecule has 0 saturated carbocycles. The first kappa shape index (κ1) is 27.6. The van der Waals surface area contributed by atoms with Crippen LogP contribution in [0, 0.1) is 0 Å². The van der Waals surface area contributed by atoms with E-state index in [1.807, 2.05) is 70.4 Å². The smallest absolute Gasteiger partial charge is 0.253 e. The van der Waals surface area contributed by atoms with Gasteiger partial charge in [0.25, 0.3) is 5.91 Å². The molecule has 1 fully saturated rings. The van der Waals surface area contributed by atoms with Gasteiger partial charge in [0.15, 0.2) is 5.65 Å². The van der Waals surface area contributed by atoms with Gasteiger partial charge in [0, 0.05) is 37.7 Å². The Morgan fingerprint density at radius 1 is 0.950 bits per heavy atom. The molecule has 0 radical (unpaired) electrons. The fraction of sp³-hybridized carbons (Fsp3) is 0.438. The number of ether oxygens (including phenoxy) is 1. The topological polar surface area (TPSA) is 76.4 Å². The molecule has 2 aromatic heterocycles. The molecule has 5 rings (SSSR count). The van der Waals surface area contributed by atoms with E-state index in [0.29, 0.717) is 31.8 Å². The number of carbonyl (C=O) groups excluding carboxylic acids is 1. The van der Waals surface area contributed by atoms with Crippen molar-refractivity contribution >= 4 is 22.8 Å². The quantitative estimate of drug-likeness (QED) is 0.221. The standard InChI is InChI=1S/C32H40N6O2/c1-4-6-22-40-27-16-14-25(15-17-27)32(39)37-19-10-18-36(20-21-37)30-28-23-33-38(26-12-8-7-9-13-26)31(28)35-29(34-30)24(3)11-5-2/h7-9,12-17,23-24H,4-6,10-11,18-22H2,1-3H3/t24-/m0/s1. The highest BCUT2D eigenvalue weighted by Crippen LogP contribution is 2.30. The van der Waals surface area contributed by atoms with E-state index >= 15 is 0 Å². The minimum atomic E-state index is 0.0592. The van der Waals surface area contributed by atoms with E-state index < -0.39 is 0 Å². The van der Waals surface area contributed by atoms with Crippen molar-refractivity contribution in [1.29, 1.82) is 0 Å². The Balaban J connectivity index is 1.37. The van der Waals surface area contributed by atoms with Crippen LogP contribution in [0.5, 0.6) is 5.75 Å². The maximum atomic E-state index is 13.4. The minimum absolute atomic E-state index is 0.0592. The SMILES string of the molecule is CCCCOc1ccc(C(=O)N2CCCN(c3nc([C@@H](C)CCC)nc4c3cnn4-c3ccccc3)CC2)cc1. The first-order valence-electron chi connectivity index (χ1n) is 14.7. The van der Waals surface area contributed by atoms with Crippen LogP contribution in [0.15, 0.2) is 60.8 Å². The number of rotatable bonds is 10. The van der Waals surface area contributed by atoms with Gasteiger partial charge in [-0.1, -0.05) is 51.8 Å². The monoisotopic (exact) mass is 540 g/mol. The lowest BCUT2D eigenvalue weighted by Crippen LogP contribution is -2.35. The Morgan fingerprint density at radius 2 is 1.75 bits per heavy atom. The number of unbranched alkanes of at least 4 members (excludes halogenated alkanes) is 1. The van der Waals surface area contributed by atoms with Gasteiger partial charge in [-0.25, -0.2) is 14.6 Å². The summed E-state index contributed by atoms with van der Waals surface area (Å²) < 4.78 is 7.67. The normalized spacial score (nSPS) is 14.8. The highest BCUT2D eigenvalue weighted by Gasteiger charge is 2.25. The van der Waals surface area contributed by atoms with E-state index in [-0.39, 0.29) is 11.8 Å². The van der Waals surface area contributed by atoms with Crippen molar-refractivity contribution in [3.05, 3.63) is 72.2 Å². The summed E-state index contributed by atoms with van der Waals surface area (Å²) in [7, 11) is 0. The number of benzene rings is 2. The molecule has 1 aliphatic rings. The number of para-hydroxylation sites is 1. The second kappa shape index (κ2) is 12.9. The summed E-state index contributed by atoms with van der Waals surface area (Å²) in [5, 5.41) is 5.66. The molecule has 1 amide bonds. The Bertz CT molecular complexity index is 1400. The van der Waals surface area contributed by atoms with Gasteiger partial charge in [0.05, 0.1) is 23.9 Å². The van der Waals surface area contributed by atoms with Gasteiger partial charge in [-0.2, -0.15) is 5.10 Å². The van der Waals surface area contributed by atoms with Gasteiger partial charge in [-0.3, -0.25) is 4.79 Å². The summed E-state index contributed by atoms with van der Waals surface area (Å²) in [5.41, 5.74) is 2.50. The maximum absolute atomic E-state index is 13.4. The lowest BCUT2D eigenvalue weighted by molar-refractivity contribution is 0.0767. The summed E-state index contributed by atoms with van der Waals surface area (Å²) in [6.07, 6.45) is 6.96. The Hall–Kier alpha value is -3.94. The van der Waals surface area contributed by atoms with Crippen molar-refractivity contribution in [1.82, 2.24) is 24.6 Å². The first-order chi connectivity index (χ1) is 19.6. The molecule has 3 heterocycles. The van der Waals surface area contributed by atoms with Crippen molar-refractivity contribution in [2.45, 2.75) is 58.8 Å². The predicted molar refractivity (Wildman–Crippen MR) is 160 cm³/mol. The summed E-state index contributed by atoms with van der Waals surface area (Å²) >= 11 is 0. The number of aromatic nitrogens is 4. The molecular formula is C32H40N6O2. The lowest BCUT2D eigenvalue weighted by Gasteiger charge is -2.24. The van der Waals surface area contributed by atoms with Crippen LogP contribution >= 0.6 is 0 Å². The van der Waals surface area contributed by atoms with Gasteiger partial charge in [0.2, 0.25) is 0 Å². The average Bonchev–Trinajstić information content (AvgIpc) is 3.27. The Kier molecular flexibility index (Phi) is 8.94. The minimum Gasteiger partial charge on any atom is -0.494 e. The predicted octanol–water partition coefficient (Wildman–Crippen LogP) is 6.25. The van der Waals surface area contributed by atoms with Crippen LogP contribution in [0.2, 0.25) is 0 Å². The molecule has 0 unspecified atom stereocenters. The molecule has 0 aliphatic carbocycles. The summed E-state index contributed by atoms with van der Waals surface area (Å²) in [6.45, 7) is 10.1. The first-order valence-corrected chi connectivity index (χ1v) is 14.7. The molecule has 1 saturated heterocycles. The van der Waals surface area contributed by atoms with Crippen LogP contribution in [-0.4, -0.2) is 63.3 Å². The molecular weight excluding hydrogens is 500 g/mol. The van der Waals surface area contributed by atoms with E-state index in [9.17, 15) is 4.79 Å². The lowest BCUT2D eigenvalue weighted by atomic mass is 10.1. The second-order valence-electron chi connectivity index (χ2n) is 10.6. The average molecular weight is 541 g/mol. The zero-order valence-corrected chi connectivity index (χ0v) is 23.9. The number of amides is 1. The number of nitrogens with zero attached hydrogens (tertiary/aromatic N) is 6. The number of hydrogen-bond acceptors (Lipinski definition) is 6. The molecule has 0 bridgehead atoms. The zero-order valence-electron chi connectivity index (χ0n) is 23.9. The largest absolute Gasteiger partial charge is 0.494 e. The van der Waals surface area contributed by atoms with Crippen molar-refractivity contribution in [2.24, 2.45) is 0 Å². The van der Waals surface area contributed by atoms with Gasteiger partial charge >= 0.3 is 0 Å². The molecule has 2 aromatic carbocycles. The number of fused-ring (bicyclic) bond motifs is 1. The third-order valence-electron chi connectivity index (χ3n) is 7.54. The molecule has 8 heteroatoms. The van der Waals surface area contributed by atoms with E-state index in [4.69, 9.17) is 19.8 Å². The van der Waals surface area contributed by atoms with Crippen LogP contribution < -0.4 is 9.64 Å². The van der Waals surface area contributed by atoms with Crippen LogP contribution in [0.25, 0.3) is 16.7 Å². The third kappa shape index (κ3) is 6.11. The molecule has 210 valence electrons. The van der Waals surface area contributed by atoms with Crippen molar-refractivity contribution < 1.29 is 9.53 Å². The van der Waals surface area contributed by atoms with Gasteiger partial charge in [0.1, 0.15) is 17.4 Å². The fourth-order valence-corrected chi connectivity index (χ4v) is 5.23. The summed E-state index contributed by atoms with van der Waals surface area (Å²) in [6, 6.07) is 17.7. The molecule has 8 nitrogen and oxygen atoms in total. The zero-order chi connectivity index (χ0) is 27.9. The second-order valence-corrected chi connectivity index (χ2v) is 10.6. The fourth-order valence-electron chi connectivity index (χ4n) is 5.23. The van der Waals surface area contributed by atoms with Crippen molar-refractivity contribution in [3.8, 4) is 11.4 Å². The van der Waals surface area contributed by atoms with Crippen LogP contribution in [0.4, 0.5) is 5.82 Å². The number of carbonyl (C=O) groups is 1. The molecule has 4 aromatic rings. The molecule has 1 atom stereocenters. The highest BCUT2D eigenvalue weighted by molar-refractivity contribution is 5.94. The number of hydrogen-bond donors (Lipinski definition) is 0. The van der Waals surface area contributed by atoms with E-state index in [2.05, 4.69) is 25.7 Å². The maximum Gasteiger partial charge on any atom is 0.253 e. The van der Waals surface area contributed by atoms with Crippen molar-refractivity contribution in [3.63, 3.8) is 0 Å². The molecule has 40 heavy (non-hydrogen) atoms. The molecule has 0 spiro atoms. The highest BCUT2D eigenvalue weighted by atomic mass is 16.5. The van der Waals surface area contributed by atoms with Gasteiger partial charge < -0.3 is 14.5 Å². The molecule has 0 N–H and O–H groups in total. The third-order valence-corrected chi connectivity index (χ3v) is 7.54. The Labute approximate surface area is 237 Å². The summed E-state index contributed by atoms with van der Waals surface area (Å²) in [4.78, 5) is 27.8. The van der Waals surface area contributed by atoms with E-state index in [1.165, 1.54) is 0 Å². The van der Waals surface area contributed by atoms with Gasteiger partial charge in [-0.05, 0) is 55.7 Å². The van der Waals surface area contributed by atoms with Crippen LogP contribution in [0.3, 0.4) is 0 Å². The van der Waals surface area contributed by atoms with Crippen molar-refractivity contribution in [2.75, 3.05) is 37.7 Å². The van der Waals surface area contributed by atoms with Gasteiger partial charge in [-0.15, -0.1) is 0 Å². The van der Waals surface area contributed by atoms with Crippen LogP contribution in [-0.2, 0) is 0 Å². The Morgan fingerprint density at radius 3 is 2.50 bits per heavy atom. The van der Waals surface area contributed by atoms with E-state index in [0.717, 1.165) is 72.8 Å². The van der Waals surface area contributed by atoms with E-state index in [1.54, 1.807) is 0 Å². The molecule has 1 aliphatic heterocycles. The number of anilines is 1.